The van der Waals surface area contributed by atoms with Gasteiger partial charge in [-0.3, -0.25) is 9.59 Å². The van der Waals surface area contributed by atoms with Crippen LogP contribution in [0.2, 0.25) is 0 Å². The predicted octanol–water partition coefficient (Wildman–Crippen LogP) is 3.44. The first-order valence-corrected chi connectivity index (χ1v) is 7.48. The third-order valence-electron chi connectivity index (χ3n) is 3.16. The van der Waals surface area contributed by atoms with Crippen LogP contribution >= 0.6 is 0 Å². The molecule has 0 bridgehead atoms. The summed E-state index contributed by atoms with van der Waals surface area (Å²) in [6.07, 6.45) is -0.00235. The van der Waals surface area contributed by atoms with Gasteiger partial charge in [0.05, 0.1) is 0 Å². The summed E-state index contributed by atoms with van der Waals surface area (Å²) in [5.74, 6) is 0.322. The summed E-state index contributed by atoms with van der Waals surface area (Å²) < 4.78 is 5.70. The number of carbonyl (C=O) groups is 2. The second-order valence-electron chi connectivity index (χ2n) is 5.08. The van der Waals surface area contributed by atoms with Gasteiger partial charge in [0, 0.05) is 18.3 Å². The van der Waals surface area contributed by atoms with E-state index < -0.39 is 6.10 Å². The first-order chi connectivity index (χ1) is 11.1. The van der Waals surface area contributed by atoms with E-state index in [9.17, 15) is 9.59 Å². The minimum atomic E-state index is -0.563. The van der Waals surface area contributed by atoms with E-state index in [1.165, 1.54) is 6.92 Å². The zero-order valence-electron chi connectivity index (χ0n) is 13.2. The quantitative estimate of drug-likeness (QED) is 0.858. The van der Waals surface area contributed by atoms with Crippen LogP contribution in [0.25, 0.3) is 0 Å². The molecule has 0 radical (unpaired) electrons. The molecule has 23 heavy (non-hydrogen) atoms. The van der Waals surface area contributed by atoms with Crippen LogP contribution in [0.5, 0.6) is 5.75 Å². The maximum absolute atomic E-state index is 12.3. The van der Waals surface area contributed by atoms with E-state index in [0.29, 0.717) is 23.5 Å². The highest BCUT2D eigenvalue weighted by atomic mass is 16.5. The summed E-state index contributed by atoms with van der Waals surface area (Å²) in [5, 5.41) is 5.49. The number of rotatable bonds is 6. The van der Waals surface area contributed by atoms with E-state index in [-0.39, 0.29) is 11.8 Å². The summed E-state index contributed by atoms with van der Waals surface area (Å²) in [7, 11) is 0. The first kappa shape index (κ1) is 16.5. The van der Waals surface area contributed by atoms with E-state index in [1.807, 2.05) is 37.3 Å². The Morgan fingerprint density at radius 3 is 2.04 bits per heavy atom. The van der Waals surface area contributed by atoms with Crippen molar-refractivity contribution in [1.82, 2.24) is 0 Å². The number of hydrogen-bond donors (Lipinski definition) is 2. The second kappa shape index (κ2) is 7.98. The Bertz CT molecular complexity index is 654. The van der Waals surface area contributed by atoms with Crippen molar-refractivity contribution in [2.45, 2.75) is 26.4 Å². The van der Waals surface area contributed by atoms with Crippen LogP contribution in [-0.2, 0) is 9.59 Å². The van der Waals surface area contributed by atoms with Gasteiger partial charge in [-0.2, -0.15) is 0 Å². The van der Waals surface area contributed by atoms with Crippen molar-refractivity contribution in [2.24, 2.45) is 0 Å². The van der Waals surface area contributed by atoms with Crippen molar-refractivity contribution < 1.29 is 14.3 Å². The Hall–Kier alpha value is -2.82. The number of benzene rings is 2. The molecule has 120 valence electrons. The Morgan fingerprint density at radius 2 is 1.52 bits per heavy atom. The lowest BCUT2D eigenvalue weighted by atomic mass is 10.2. The fourth-order valence-electron chi connectivity index (χ4n) is 2.05. The van der Waals surface area contributed by atoms with Crippen LogP contribution in [-0.4, -0.2) is 17.9 Å². The molecule has 2 aromatic carbocycles. The molecule has 0 aromatic heterocycles. The third kappa shape index (κ3) is 5.14. The van der Waals surface area contributed by atoms with E-state index >= 15 is 0 Å². The van der Waals surface area contributed by atoms with Crippen molar-refractivity contribution in [1.29, 1.82) is 0 Å². The van der Waals surface area contributed by atoms with Crippen molar-refractivity contribution in [3.05, 3.63) is 54.6 Å². The first-order valence-electron chi connectivity index (χ1n) is 7.48. The number of anilines is 2. The van der Waals surface area contributed by atoms with Gasteiger partial charge < -0.3 is 15.4 Å². The number of para-hydroxylation sites is 1. The summed E-state index contributed by atoms with van der Waals surface area (Å²) in [5.41, 5.74) is 1.34. The zero-order valence-corrected chi connectivity index (χ0v) is 13.2. The molecule has 0 unspecified atom stereocenters. The molecule has 2 N–H and O–H groups in total. The molecular formula is C18H20N2O3. The van der Waals surface area contributed by atoms with Gasteiger partial charge in [0.1, 0.15) is 5.75 Å². The maximum Gasteiger partial charge on any atom is 0.265 e. The van der Waals surface area contributed by atoms with Gasteiger partial charge in [-0.1, -0.05) is 25.1 Å². The predicted molar refractivity (Wildman–Crippen MR) is 90.5 cm³/mol. The van der Waals surface area contributed by atoms with Gasteiger partial charge in [0.15, 0.2) is 6.10 Å². The van der Waals surface area contributed by atoms with E-state index in [4.69, 9.17) is 4.74 Å². The molecule has 5 heteroatoms. The standard InChI is InChI=1S/C18H20N2O3/c1-3-17(23-16-7-5-4-6-8-16)18(22)20-15-11-9-14(10-12-15)19-13(2)21/h4-12,17H,3H2,1-2H3,(H,19,21)(H,20,22)/t17-/m1/s1. The number of nitrogens with one attached hydrogen (secondary N) is 2. The molecule has 0 spiro atoms. The summed E-state index contributed by atoms with van der Waals surface area (Å²) in [6, 6.07) is 16.2. The molecule has 0 saturated carbocycles. The average Bonchev–Trinajstić information content (AvgIpc) is 2.55. The Labute approximate surface area is 135 Å². The van der Waals surface area contributed by atoms with E-state index in [1.54, 1.807) is 24.3 Å². The fourth-order valence-corrected chi connectivity index (χ4v) is 2.05. The van der Waals surface area contributed by atoms with Crippen LogP contribution in [0.3, 0.4) is 0 Å². The van der Waals surface area contributed by atoms with E-state index in [0.717, 1.165) is 0 Å². The molecule has 0 fully saturated rings. The van der Waals surface area contributed by atoms with Gasteiger partial charge in [0.2, 0.25) is 5.91 Å². The van der Waals surface area contributed by atoms with Crippen LogP contribution < -0.4 is 15.4 Å². The molecule has 2 amide bonds. The largest absolute Gasteiger partial charge is 0.481 e. The number of hydrogen-bond acceptors (Lipinski definition) is 3. The topological polar surface area (TPSA) is 67.4 Å². The third-order valence-corrected chi connectivity index (χ3v) is 3.16. The molecule has 1 atom stereocenters. The van der Waals surface area contributed by atoms with Gasteiger partial charge >= 0.3 is 0 Å². The molecule has 0 heterocycles. The summed E-state index contributed by atoms with van der Waals surface area (Å²) >= 11 is 0. The van der Waals surface area contributed by atoms with Gasteiger partial charge in [-0.25, -0.2) is 0 Å². The monoisotopic (exact) mass is 312 g/mol. The molecule has 0 aliphatic heterocycles. The number of amides is 2. The van der Waals surface area contributed by atoms with Gasteiger partial charge in [-0.15, -0.1) is 0 Å². The molecular weight excluding hydrogens is 292 g/mol. The van der Waals surface area contributed by atoms with Crippen molar-refractivity contribution in [3.63, 3.8) is 0 Å². The highest BCUT2D eigenvalue weighted by molar-refractivity contribution is 5.95. The molecule has 0 saturated heterocycles. The van der Waals surface area contributed by atoms with Crippen LogP contribution in [0.4, 0.5) is 11.4 Å². The van der Waals surface area contributed by atoms with Crippen LogP contribution in [0.15, 0.2) is 54.6 Å². The molecule has 2 rings (SSSR count). The fraction of sp³-hybridized carbons (Fsp3) is 0.222. The highest BCUT2D eigenvalue weighted by Crippen LogP contribution is 2.16. The van der Waals surface area contributed by atoms with E-state index in [2.05, 4.69) is 10.6 Å². The van der Waals surface area contributed by atoms with Crippen LogP contribution in [0.1, 0.15) is 20.3 Å². The van der Waals surface area contributed by atoms with Crippen molar-refractivity contribution >= 4 is 23.2 Å². The van der Waals surface area contributed by atoms with Gasteiger partial charge in [0.25, 0.3) is 5.91 Å². The van der Waals surface area contributed by atoms with Crippen LogP contribution in [0, 0.1) is 0 Å². The summed E-state index contributed by atoms with van der Waals surface area (Å²) in [6.45, 7) is 3.34. The molecule has 2 aromatic rings. The lowest BCUT2D eigenvalue weighted by Crippen LogP contribution is -2.32. The van der Waals surface area contributed by atoms with Gasteiger partial charge in [-0.05, 0) is 42.8 Å². The SMILES string of the molecule is CC[C@@H](Oc1ccccc1)C(=O)Nc1ccc(NC(C)=O)cc1. The average molecular weight is 312 g/mol. The zero-order chi connectivity index (χ0) is 16.7. The Morgan fingerprint density at radius 1 is 0.957 bits per heavy atom. The van der Waals surface area contributed by atoms with Crippen molar-refractivity contribution in [2.75, 3.05) is 10.6 Å². The smallest absolute Gasteiger partial charge is 0.265 e. The number of carbonyl (C=O) groups excluding carboxylic acids is 2. The molecule has 0 aliphatic carbocycles. The highest BCUT2D eigenvalue weighted by Gasteiger charge is 2.18. The maximum atomic E-state index is 12.3. The second-order valence-corrected chi connectivity index (χ2v) is 5.08. The molecule has 5 nitrogen and oxygen atoms in total. The summed E-state index contributed by atoms with van der Waals surface area (Å²) in [4.78, 5) is 23.3. The Balaban J connectivity index is 1.97. The lowest BCUT2D eigenvalue weighted by molar-refractivity contribution is -0.122. The minimum absolute atomic E-state index is 0.135. The minimum Gasteiger partial charge on any atom is -0.481 e. The lowest BCUT2D eigenvalue weighted by Gasteiger charge is -2.17. The Kier molecular flexibility index (Phi) is 5.74. The van der Waals surface area contributed by atoms with Crippen molar-refractivity contribution in [3.8, 4) is 5.75 Å². The molecule has 0 aliphatic rings. The number of ether oxygens (including phenoxy) is 1. The normalized spacial score (nSPS) is 11.4.